The fourth-order valence-corrected chi connectivity index (χ4v) is 4.20. The van der Waals surface area contributed by atoms with Gasteiger partial charge in [-0.1, -0.05) is 28.9 Å². The summed E-state index contributed by atoms with van der Waals surface area (Å²) in [5, 5.41) is 7.45. The second-order valence-corrected chi connectivity index (χ2v) is 9.32. The number of nitrogens with one attached hydrogen (secondary N) is 1. The van der Waals surface area contributed by atoms with Crippen molar-refractivity contribution in [3.05, 3.63) is 86.6 Å². The Morgan fingerprint density at radius 1 is 1.13 bits per heavy atom. The van der Waals surface area contributed by atoms with Crippen molar-refractivity contribution in [2.75, 3.05) is 26.1 Å². The number of hydrogen-bond acceptors (Lipinski definition) is 7. The van der Waals surface area contributed by atoms with E-state index in [4.69, 9.17) is 14.2 Å². The first kappa shape index (κ1) is 27.8. The lowest BCUT2D eigenvalue weighted by atomic mass is 10.2. The Labute approximate surface area is 232 Å². The van der Waals surface area contributed by atoms with Crippen LogP contribution in [0.2, 0.25) is 0 Å². The predicted octanol–water partition coefficient (Wildman–Crippen LogP) is 5.17. The molecule has 1 N–H and O–H groups in total. The Kier molecular flexibility index (Phi) is 8.92. The van der Waals surface area contributed by atoms with Crippen LogP contribution in [0, 0.1) is 5.82 Å². The minimum absolute atomic E-state index is 0.201. The standard InChI is InChI=1S/C28H26BrFN4O5/c1-4-6-25-33-22-10-9-18(29)13-21(22)28(36)34(25)31-15-17-11-23(37-2)27(24(12-17)38-3)39-16-26(35)32-20-8-5-7-19(30)14-20/h5,7-15H,4,6,16H2,1-3H3,(H,32,35). The van der Waals surface area contributed by atoms with E-state index >= 15 is 0 Å². The summed E-state index contributed by atoms with van der Waals surface area (Å²) in [5.74, 6) is 0.357. The lowest BCUT2D eigenvalue weighted by molar-refractivity contribution is -0.118. The molecule has 202 valence electrons. The third kappa shape index (κ3) is 6.61. The molecule has 1 amide bonds. The van der Waals surface area contributed by atoms with E-state index in [0.717, 1.165) is 10.9 Å². The number of amides is 1. The SMILES string of the molecule is CCCc1nc2ccc(Br)cc2c(=O)n1N=Cc1cc(OC)c(OCC(=O)Nc2cccc(F)c2)c(OC)c1. The number of benzene rings is 3. The number of rotatable bonds is 10. The van der Waals surface area contributed by atoms with Crippen molar-refractivity contribution in [1.29, 1.82) is 0 Å². The van der Waals surface area contributed by atoms with Crippen LogP contribution in [0.1, 0.15) is 24.7 Å². The molecule has 0 aliphatic rings. The Morgan fingerprint density at radius 3 is 2.54 bits per heavy atom. The number of carbonyl (C=O) groups excluding carboxylic acids is 1. The van der Waals surface area contributed by atoms with Crippen LogP contribution in [0.5, 0.6) is 17.2 Å². The van der Waals surface area contributed by atoms with Crippen molar-refractivity contribution in [2.24, 2.45) is 5.10 Å². The van der Waals surface area contributed by atoms with Gasteiger partial charge >= 0.3 is 0 Å². The van der Waals surface area contributed by atoms with E-state index in [9.17, 15) is 14.0 Å². The summed E-state index contributed by atoms with van der Waals surface area (Å²) in [6.07, 6.45) is 2.84. The average molecular weight is 597 g/mol. The second kappa shape index (κ2) is 12.5. The van der Waals surface area contributed by atoms with E-state index in [1.165, 1.54) is 43.3 Å². The Balaban J connectivity index is 1.61. The molecule has 4 rings (SSSR count). The minimum atomic E-state index is -0.492. The van der Waals surface area contributed by atoms with Gasteiger partial charge in [0.15, 0.2) is 18.1 Å². The molecular weight excluding hydrogens is 571 g/mol. The van der Waals surface area contributed by atoms with Crippen molar-refractivity contribution >= 4 is 44.6 Å². The fraction of sp³-hybridized carbons (Fsp3) is 0.214. The first-order valence-corrected chi connectivity index (χ1v) is 12.8. The molecule has 0 saturated heterocycles. The fourth-order valence-electron chi connectivity index (χ4n) is 3.84. The Morgan fingerprint density at radius 2 is 1.87 bits per heavy atom. The summed E-state index contributed by atoms with van der Waals surface area (Å²) < 4.78 is 32.1. The lowest BCUT2D eigenvalue weighted by Gasteiger charge is -2.15. The third-order valence-corrected chi connectivity index (χ3v) is 6.10. The summed E-state index contributed by atoms with van der Waals surface area (Å²) in [5.41, 5.74) is 1.18. The van der Waals surface area contributed by atoms with Crippen LogP contribution >= 0.6 is 15.9 Å². The van der Waals surface area contributed by atoms with Crippen LogP contribution in [0.3, 0.4) is 0 Å². The molecule has 0 saturated carbocycles. The van der Waals surface area contributed by atoms with Gasteiger partial charge in [0.1, 0.15) is 11.6 Å². The number of halogens is 2. The molecule has 1 heterocycles. The van der Waals surface area contributed by atoms with Gasteiger partial charge in [-0.05, 0) is 55.0 Å². The molecule has 11 heteroatoms. The molecule has 0 unspecified atom stereocenters. The summed E-state index contributed by atoms with van der Waals surface area (Å²) in [6, 6.07) is 14.2. The lowest BCUT2D eigenvalue weighted by Crippen LogP contribution is -2.22. The highest BCUT2D eigenvalue weighted by molar-refractivity contribution is 9.10. The largest absolute Gasteiger partial charge is 0.493 e. The Bertz CT molecular complexity index is 1580. The quantitative estimate of drug-likeness (QED) is 0.253. The molecule has 0 fully saturated rings. The number of nitrogens with zero attached hydrogens (tertiary/aromatic N) is 3. The van der Waals surface area contributed by atoms with E-state index in [0.29, 0.717) is 34.4 Å². The zero-order chi connectivity index (χ0) is 27.9. The van der Waals surface area contributed by atoms with Crippen LogP contribution in [-0.4, -0.2) is 42.6 Å². The number of aryl methyl sites for hydroxylation is 1. The minimum Gasteiger partial charge on any atom is -0.493 e. The topological polar surface area (TPSA) is 104 Å². The number of anilines is 1. The molecule has 0 spiro atoms. The van der Waals surface area contributed by atoms with Crippen molar-refractivity contribution in [1.82, 2.24) is 9.66 Å². The molecule has 1 aromatic heterocycles. The van der Waals surface area contributed by atoms with Gasteiger partial charge in [-0.2, -0.15) is 9.78 Å². The molecule has 0 aliphatic heterocycles. The molecule has 3 aromatic carbocycles. The summed E-state index contributed by atoms with van der Waals surface area (Å²) >= 11 is 3.40. The van der Waals surface area contributed by atoms with Crippen LogP contribution < -0.4 is 25.1 Å². The normalized spacial score (nSPS) is 11.1. The average Bonchev–Trinajstić information content (AvgIpc) is 2.92. The van der Waals surface area contributed by atoms with Crippen molar-refractivity contribution in [2.45, 2.75) is 19.8 Å². The van der Waals surface area contributed by atoms with Gasteiger partial charge in [0.05, 0.1) is 31.3 Å². The van der Waals surface area contributed by atoms with E-state index in [-0.39, 0.29) is 29.4 Å². The van der Waals surface area contributed by atoms with Crippen LogP contribution in [0.15, 0.2) is 69.0 Å². The summed E-state index contributed by atoms with van der Waals surface area (Å²) in [6.45, 7) is 1.63. The van der Waals surface area contributed by atoms with E-state index in [1.807, 2.05) is 13.0 Å². The molecular formula is C28H26BrFN4O5. The number of ether oxygens (including phenoxy) is 3. The van der Waals surface area contributed by atoms with Gasteiger partial charge in [0.25, 0.3) is 11.5 Å². The van der Waals surface area contributed by atoms with Crippen LogP contribution in [-0.2, 0) is 11.2 Å². The predicted molar refractivity (Wildman–Crippen MR) is 151 cm³/mol. The zero-order valence-electron chi connectivity index (χ0n) is 21.5. The number of methoxy groups -OCH3 is 2. The first-order chi connectivity index (χ1) is 18.8. The maximum absolute atomic E-state index is 13.4. The van der Waals surface area contributed by atoms with Gasteiger partial charge in [0, 0.05) is 22.1 Å². The van der Waals surface area contributed by atoms with Crippen molar-refractivity contribution < 1.29 is 23.4 Å². The van der Waals surface area contributed by atoms with E-state index < -0.39 is 11.7 Å². The first-order valence-electron chi connectivity index (χ1n) is 12.0. The van der Waals surface area contributed by atoms with Gasteiger partial charge in [-0.3, -0.25) is 9.59 Å². The smallest absolute Gasteiger partial charge is 0.282 e. The third-order valence-electron chi connectivity index (χ3n) is 5.61. The molecule has 4 aromatic rings. The van der Waals surface area contributed by atoms with Gasteiger partial charge < -0.3 is 19.5 Å². The number of carbonyl (C=O) groups is 1. The highest BCUT2D eigenvalue weighted by atomic mass is 79.9. The van der Waals surface area contributed by atoms with E-state index in [2.05, 4.69) is 31.3 Å². The molecule has 39 heavy (non-hydrogen) atoms. The molecule has 0 radical (unpaired) electrons. The van der Waals surface area contributed by atoms with Crippen molar-refractivity contribution in [3.63, 3.8) is 0 Å². The molecule has 0 atom stereocenters. The van der Waals surface area contributed by atoms with Gasteiger partial charge in [0.2, 0.25) is 5.75 Å². The monoisotopic (exact) mass is 596 g/mol. The summed E-state index contributed by atoms with van der Waals surface area (Å²) in [7, 11) is 2.90. The molecule has 0 bridgehead atoms. The van der Waals surface area contributed by atoms with Gasteiger partial charge in [-0.25, -0.2) is 9.37 Å². The zero-order valence-corrected chi connectivity index (χ0v) is 23.1. The number of fused-ring (bicyclic) bond motifs is 1. The van der Waals surface area contributed by atoms with Gasteiger partial charge in [-0.15, -0.1) is 0 Å². The maximum atomic E-state index is 13.4. The second-order valence-electron chi connectivity index (χ2n) is 8.40. The highest BCUT2D eigenvalue weighted by Gasteiger charge is 2.16. The highest BCUT2D eigenvalue weighted by Crippen LogP contribution is 2.38. The Hall–Kier alpha value is -4.25. The van der Waals surface area contributed by atoms with E-state index in [1.54, 1.807) is 30.3 Å². The maximum Gasteiger partial charge on any atom is 0.282 e. The number of aromatic nitrogens is 2. The molecule has 9 nitrogen and oxygen atoms in total. The summed E-state index contributed by atoms with van der Waals surface area (Å²) in [4.78, 5) is 30.2. The van der Waals surface area contributed by atoms with Crippen LogP contribution in [0.4, 0.5) is 10.1 Å². The van der Waals surface area contributed by atoms with Crippen molar-refractivity contribution in [3.8, 4) is 17.2 Å². The number of hydrogen-bond donors (Lipinski definition) is 1. The molecule has 0 aliphatic carbocycles. The van der Waals surface area contributed by atoms with Crippen LogP contribution in [0.25, 0.3) is 10.9 Å².